The van der Waals surface area contributed by atoms with Gasteiger partial charge in [0.05, 0.1) is 17.1 Å². The summed E-state index contributed by atoms with van der Waals surface area (Å²) in [5, 5.41) is 15.4. The second kappa shape index (κ2) is 7.13. The topological polar surface area (TPSA) is 58.9 Å². The van der Waals surface area contributed by atoms with Crippen molar-refractivity contribution in [1.82, 2.24) is 30.4 Å². The number of halogens is 2. The van der Waals surface area contributed by atoms with Crippen molar-refractivity contribution in [3.8, 4) is 0 Å². The molecule has 1 aliphatic heterocycles. The maximum atomic E-state index is 13.9. The quantitative estimate of drug-likeness (QED) is 0.895. The highest BCUT2D eigenvalue weighted by atomic mass is 35.5. The van der Waals surface area contributed by atoms with Crippen LogP contribution in [0.5, 0.6) is 0 Å². The predicted molar refractivity (Wildman–Crippen MR) is 90.2 cm³/mol. The van der Waals surface area contributed by atoms with Crippen molar-refractivity contribution < 1.29 is 4.39 Å². The zero-order valence-corrected chi connectivity index (χ0v) is 14.8. The molecule has 0 saturated carbocycles. The minimum Gasteiger partial charge on any atom is -0.303 e. The van der Waals surface area contributed by atoms with Crippen LogP contribution in [-0.2, 0) is 7.05 Å². The Labute approximate surface area is 146 Å². The number of likely N-dealkylation sites (N-methyl/N-ethyl adjacent to an activating group) is 1. The molecule has 1 aromatic heterocycles. The molecule has 1 aliphatic rings. The summed E-state index contributed by atoms with van der Waals surface area (Å²) < 4.78 is 15.6. The third kappa shape index (κ3) is 3.29. The van der Waals surface area contributed by atoms with E-state index >= 15 is 0 Å². The van der Waals surface area contributed by atoms with Gasteiger partial charge >= 0.3 is 0 Å². The first-order valence-corrected chi connectivity index (χ1v) is 8.56. The van der Waals surface area contributed by atoms with Gasteiger partial charge in [-0.3, -0.25) is 4.90 Å². The van der Waals surface area contributed by atoms with Gasteiger partial charge in [-0.1, -0.05) is 24.6 Å². The predicted octanol–water partition coefficient (Wildman–Crippen LogP) is 2.49. The summed E-state index contributed by atoms with van der Waals surface area (Å²) in [4.78, 5) is 2.35. The normalized spacial score (nSPS) is 22.9. The van der Waals surface area contributed by atoms with Gasteiger partial charge in [0.1, 0.15) is 5.82 Å². The van der Waals surface area contributed by atoms with Crippen molar-refractivity contribution in [3.63, 3.8) is 0 Å². The highest BCUT2D eigenvalue weighted by Gasteiger charge is 2.36. The number of nitrogens with one attached hydrogen (secondary N) is 1. The Bertz CT molecular complexity index is 706. The largest absolute Gasteiger partial charge is 0.303 e. The monoisotopic (exact) mass is 352 g/mol. The van der Waals surface area contributed by atoms with Crippen LogP contribution in [0.2, 0.25) is 5.02 Å². The minimum absolute atomic E-state index is 0.00598. The average Bonchev–Trinajstić information content (AvgIpc) is 3.16. The van der Waals surface area contributed by atoms with Gasteiger partial charge in [0.2, 0.25) is 0 Å². The van der Waals surface area contributed by atoms with Crippen LogP contribution in [-0.4, -0.2) is 44.2 Å². The summed E-state index contributed by atoms with van der Waals surface area (Å²) in [6.07, 6.45) is 0.984. The van der Waals surface area contributed by atoms with Crippen LogP contribution in [0.15, 0.2) is 18.2 Å². The van der Waals surface area contributed by atoms with Gasteiger partial charge in [0.15, 0.2) is 5.82 Å². The Hall–Kier alpha value is -1.57. The lowest BCUT2D eigenvalue weighted by Crippen LogP contribution is -2.38. The Morgan fingerprint density at radius 1 is 1.46 bits per heavy atom. The van der Waals surface area contributed by atoms with Gasteiger partial charge < -0.3 is 5.32 Å². The highest BCUT2D eigenvalue weighted by Crippen LogP contribution is 2.34. The Morgan fingerprint density at radius 3 is 2.88 bits per heavy atom. The zero-order valence-electron chi connectivity index (χ0n) is 14.1. The van der Waals surface area contributed by atoms with Crippen molar-refractivity contribution in [2.75, 3.05) is 13.1 Å². The summed E-state index contributed by atoms with van der Waals surface area (Å²) in [5.41, 5.74) is 0.942. The fraction of sp³-hybridized carbons (Fsp3) is 0.562. The van der Waals surface area contributed by atoms with Gasteiger partial charge in [-0.05, 0) is 48.0 Å². The lowest BCUT2D eigenvalue weighted by Gasteiger charge is -2.30. The van der Waals surface area contributed by atoms with Gasteiger partial charge in [-0.2, -0.15) is 0 Å². The van der Waals surface area contributed by atoms with E-state index in [9.17, 15) is 4.39 Å². The van der Waals surface area contributed by atoms with E-state index in [0.717, 1.165) is 30.9 Å². The number of tetrazole rings is 1. The molecule has 0 aliphatic carbocycles. The molecule has 0 bridgehead atoms. The average molecular weight is 353 g/mol. The third-order valence-corrected chi connectivity index (χ3v) is 5.00. The van der Waals surface area contributed by atoms with E-state index in [-0.39, 0.29) is 29.0 Å². The lowest BCUT2D eigenvalue weighted by atomic mass is 9.99. The molecule has 3 unspecified atom stereocenters. The summed E-state index contributed by atoms with van der Waals surface area (Å²) in [5.74, 6) is 0.410. The molecule has 0 spiro atoms. The molecular formula is C16H22ClFN6. The van der Waals surface area contributed by atoms with Crippen molar-refractivity contribution >= 4 is 11.6 Å². The summed E-state index contributed by atoms with van der Waals surface area (Å²) >= 11 is 5.83. The Kier molecular flexibility index (Phi) is 5.12. The van der Waals surface area contributed by atoms with Crippen LogP contribution in [0.25, 0.3) is 0 Å². The van der Waals surface area contributed by atoms with Crippen LogP contribution in [0.4, 0.5) is 4.39 Å². The number of hydrogen-bond acceptors (Lipinski definition) is 5. The molecule has 2 heterocycles. The number of likely N-dealkylation sites (tertiary alicyclic amines) is 1. The molecule has 24 heavy (non-hydrogen) atoms. The molecule has 3 rings (SSSR count). The van der Waals surface area contributed by atoms with Crippen molar-refractivity contribution in [1.29, 1.82) is 0 Å². The molecule has 1 fully saturated rings. The molecule has 130 valence electrons. The van der Waals surface area contributed by atoms with E-state index in [0.29, 0.717) is 0 Å². The number of aryl methyl sites for hydroxylation is 1. The van der Waals surface area contributed by atoms with Crippen LogP contribution >= 0.6 is 11.6 Å². The molecular weight excluding hydrogens is 331 g/mol. The summed E-state index contributed by atoms with van der Waals surface area (Å²) in [6.45, 7) is 6.04. The standard InChI is InChI=1S/C16H22ClFN6/c1-4-24-8-7-14(19-10(2)16-20-21-22-23(16)3)15(24)11-5-6-12(17)13(18)9-11/h5-6,9-10,14-15,19H,4,7-8H2,1-3H3. The minimum atomic E-state index is -0.374. The van der Waals surface area contributed by atoms with E-state index < -0.39 is 0 Å². The van der Waals surface area contributed by atoms with Crippen LogP contribution in [0, 0.1) is 5.82 Å². The fourth-order valence-electron chi connectivity index (χ4n) is 3.52. The Morgan fingerprint density at radius 2 is 2.25 bits per heavy atom. The molecule has 8 heteroatoms. The number of hydrogen-bond donors (Lipinski definition) is 1. The first-order chi connectivity index (χ1) is 11.5. The highest BCUT2D eigenvalue weighted by molar-refractivity contribution is 6.30. The van der Waals surface area contributed by atoms with E-state index in [1.807, 2.05) is 20.0 Å². The molecule has 0 radical (unpaired) electrons. The molecule has 3 atom stereocenters. The second-order valence-corrected chi connectivity index (χ2v) is 6.60. The van der Waals surface area contributed by atoms with Crippen LogP contribution in [0.1, 0.15) is 43.7 Å². The third-order valence-electron chi connectivity index (χ3n) is 4.70. The van der Waals surface area contributed by atoms with Crippen molar-refractivity contribution in [2.45, 2.75) is 38.4 Å². The number of aromatic nitrogens is 4. The van der Waals surface area contributed by atoms with Gasteiger partial charge in [-0.25, -0.2) is 9.07 Å². The van der Waals surface area contributed by atoms with Crippen LogP contribution < -0.4 is 5.32 Å². The smallest absolute Gasteiger partial charge is 0.167 e. The second-order valence-electron chi connectivity index (χ2n) is 6.19. The molecule has 1 N–H and O–H groups in total. The number of benzene rings is 1. The van der Waals surface area contributed by atoms with Crippen molar-refractivity contribution in [3.05, 3.63) is 40.4 Å². The lowest BCUT2D eigenvalue weighted by molar-refractivity contribution is 0.241. The van der Waals surface area contributed by atoms with E-state index in [4.69, 9.17) is 11.6 Å². The van der Waals surface area contributed by atoms with E-state index in [1.54, 1.807) is 16.8 Å². The number of nitrogens with zero attached hydrogens (tertiary/aromatic N) is 5. The maximum absolute atomic E-state index is 13.9. The van der Waals surface area contributed by atoms with E-state index in [1.165, 1.54) is 0 Å². The molecule has 0 amide bonds. The summed E-state index contributed by atoms with van der Waals surface area (Å²) in [6, 6.07) is 5.39. The van der Waals surface area contributed by atoms with Gasteiger partial charge in [0.25, 0.3) is 0 Å². The zero-order chi connectivity index (χ0) is 17.3. The van der Waals surface area contributed by atoms with Crippen LogP contribution in [0.3, 0.4) is 0 Å². The molecule has 2 aromatic rings. The van der Waals surface area contributed by atoms with Gasteiger partial charge in [-0.15, -0.1) is 5.10 Å². The Balaban J connectivity index is 1.83. The van der Waals surface area contributed by atoms with Crippen molar-refractivity contribution in [2.24, 2.45) is 7.05 Å². The van der Waals surface area contributed by atoms with E-state index in [2.05, 4.69) is 32.7 Å². The van der Waals surface area contributed by atoms with Gasteiger partial charge in [0, 0.05) is 19.6 Å². The fourth-order valence-corrected chi connectivity index (χ4v) is 3.64. The number of rotatable bonds is 5. The first kappa shape index (κ1) is 17.3. The maximum Gasteiger partial charge on any atom is 0.167 e. The molecule has 1 saturated heterocycles. The SMILES string of the molecule is CCN1CCC(NC(C)c2nnnn2C)C1c1ccc(Cl)c(F)c1. The molecule has 1 aromatic carbocycles. The first-order valence-electron chi connectivity index (χ1n) is 8.18. The summed E-state index contributed by atoms with van der Waals surface area (Å²) in [7, 11) is 1.83. The molecule has 6 nitrogen and oxygen atoms in total.